The molecular weight excluding hydrogens is 476 g/mol. The maximum absolute atomic E-state index is 15.0. The average molecular weight is 496 g/mol. The molecule has 0 spiro atoms. The molecule has 4 heterocycles. The Bertz CT molecular complexity index is 1520. The summed E-state index contributed by atoms with van der Waals surface area (Å²) in [5.74, 6) is -5.73. The van der Waals surface area contributed by atoms with E-state index in [0.717, 1.165) is 41.5 Å². The first-order chi connectivity index (χ1) is 17.2. The molecule has 0 radical (unpaired) electrons. The molecule has 2 aromatic heterocycles. The van der Waals surface area contributed by atoms with E-state index in [1.54, 1.807) is 10.6 Å². The summed E-state index contributed by atoms with van der Waals surface area (Å²) in [5.41, 5.74) is 7.21. The number of rotatable bonds is 5. The maximum atomic E-state index is 15.0. The van der Waals surface area contributed by atoms with Crippen molar-refractivity contribution < 1.29 is 27.4 Å². The maximum Gasteiger partial charge on any atom is 0.304 e. The molecule has 4 aromatic rings. The van der Waals surface area contributed by atoms with Crippen molar-refractivity contribution in [3.63, 3.8) is 0 Å². The first-order valence-corrected chi connectivity index (χ1v) is 11.3. The van der Waals surface area contributed by atoms with Crippen molar-refractivity contribution in [1.82, 2.24) is 14.4 Å². The number of aliphatic hydroxyl groups excluding tert-OH is 1. The Balaban J connectivity index is 1.43. The number of ether oxygens (including phenoxy) is 1. The molecule has 7 rings (SSSR count). The first kappa shape index (κ1) is 22.7. The summed E-state index contributed by atoms with van der Waals surface area (Å²) in [7, 11) is 0. The van der Waals surface area contributed by atoms with Gasteiger partial charge in [0, 0.05) is 41.9 Å². The van der Waals surface area contributed by atoms with Crippen LogP contribution in [0, 0.1) is 11.6 Å². The number of imidazole rings is 1. The smallest absolute Gasteiger partial charge is 0.304 e. The minimum atomic E-state index is -3.88. The number of aromatic nitrogens is 3. The monoisotopic (exact) mass is 496 g/mol. The van der Waals surface area contributed by atoms with Crippen molar-refractivity contribution >= 4 is 16.9 Å². The van der Waals surface area contributed by atoms with Crippen LogP contribution < -0.4 is 5.73 Å². The van der Waals surface area contributed by atoms with Gasteiger partial charge in [-0.1, -0.05) is 35.9 Å². The van der Waals surface area contributed by atoms with Gasteiger partial charge in [-0.25, -0.2) is 18.7 Å². The Morgan fingerprint density at radius 2 is 1.78 bits per heavy atom. The number of nitrogens with two attached hydrogens (primary N) is 1. The molecule has 1 fully saturated rings. The molecule has 6 nitrogen and oxygen atoms in total. The van der Waals surface area contributed by atoms with Crippen LogP contribution in [0.15, 0.2) is 60.4 Å². The number of benzene rings is 2. The summed E-state index contributed by atoms with van der Waals surface area (Å²) >= 11 is 0. The molecule has 184 valence electrons. The predicted octanol–water partition coefficient (Wildman–Crippen LogP) is 4.71. The van der Waals surface area contributed by atoms with Crippen LogP contribution >= 0.6 is 0 Å². The lowest BCUT2D eigenvalue weighted by Crippen LogP contribution is -2.49. The Morgan fingerprint density at radius 1 is 1.08 bits per heavy atom. The number of hydrogen-bond acceptors (Lipinski definition) is 5. The summed E-state index contributed by atoms with van der Waals surface area (Å²) in [6.07, 6.45) is 4.47. The SMILES string of the molecule is Nc1nccn2c(C3=C4CC(CO)(C4)OC3)nc(-c3ccc(C(F)(F)c4c(F)cccc4F)cc3)c12. The zero-order chi connectivity index (χ0) is 25.2. The quantitative estimate of drug-likeness (QED) is 0.391. The summed E-state index contributed by atoms with van der Waals surface area (Å²) in [4.78, 5) is 8.94. The number of fused-ring (bicyclic) bond motifs is 3. The predicted molar refractivity (Wildman–Crippen MR) is 124 cm³/mol. The van der Waals surface area contributed by atoms with Gasteiger partial charge in [-0.05, 0) is 12.1 Å². The van der Waals surface area contributed by atoms with Crippen LogP contribution in [0.4, 0.5) is 23.4 Å². The topological polar surface area (TPSA) is 85.7 Å². The lowest BCUT2D eigenvalue weighted by Gasteiger charge is -2.47. The highest BCUT2D eigenvalue weighted by atomic mass is 19.3. The van der Waals surface area contributed by atoms with Crippen molar-refractivity contribution in [3.8, 4) is 11.3 Å². The highest BCUT2D eigenvalue weighted by Gasteiger charge is 2.47. The third-order valence-electron chi connectivity index (χ3n) is 6.96. The van der Waals surface area contributed by atoms with Gasteiger partial charge in [0.15, 0.2) is 0 Å². The van der Waals surface area contributed by atoms with Gasteiger partial charge in [0.05, 0.1) is 24.4 Å². The van der Waals surface area contributed by atoms with Gasteiger partial charge in [-0.15, -0.1) is 0 Å². The fraction of sp³-hybridized carbons (Fsp3) is 0.231. The highest BCUT2D eigenvalue weighted by molar-refractivity contribution is 5.88. The number of nitrogens with zero attached hydrogens (tertiary/aromatic N) is 3. The summed E-state index contributed by atoms with van der Waals surface area (Å²) in [6, 6.07) is 7.69. The molecular formula is C26H20F4N4O2. The standard InChI is InChI=1S/C26H20F4N4O2/c27-18-2-1-3-19(28)20(18)26(29,30)16-6-4-14(5-7-16)21-22-23(31)32-8-9-34(22)24(33-21)17-12-36-25(13-35)10-15(17)11-25/h1-9,35H,10-13H2,(H2,31,32). The normalized spacial score (nSPS) is 16.9. The van der Waals surface area contributed by atoms with E-state index in [-0.39, 0.29) is 19.0 Å². The molecule has 1 aliphatic carbocycles. The molecule has 10 heteroatoms. The second kappa shape index (κ2) is 7.87. The number of alkyl halides is 2. The van der Waals surface area contributed by atoms with Crippen molar-refractivity contribution in [2.24, 2.45) is 0 Å². The van der Waals surface area contributed by atoms with Gasteiger partial charge < -0.3 is 15.6 Å². The average Bonchev–Trinajstić information content (AvgIpc) is 3.24. The van der Waals surface area contributed by atoms with E-state index in [9.17, 15) is 13.9 Å². The molecule has 3 N–H and O–H groups in total. The van der Waals surface area contributed by atoms with Crippen LogP contribution in [0.3, 0.4) is 0 Å². The van der Waals surface area contributed by atoms with Gasteiger partial charge in [-0.2, -0.15) is 8.78 Å². The molecule has 0 unspecified atom stereocenters. The molecule has 0 atom stereocenters. The summed E-state index contributed by atoms with van der Waals surface area (Å²) < 4.78 is 65.9. The van der Waals surface area contributed by atoms with Crippen molar-refractivity contribution in [1.29, 1.82) is 0 Å². The first-order valence-electron chi connectivity index (χ1n) is 11.3. The molecule has 2 aliphatic heterocycles. The largest absolute Gasteiger partial charge is 0.393 e. The van der Waals surface area contributed by atoms with Crippen LogP contribution in [0.1, 0.15) is 29.8 Å². The van der Waals surface area contributed by atoms with Crippen molar-refractivity contribution in [3.05, 3.63) is 89.0 Å². The van der Waals surface area contributed by atoms with E-state index in [1.165, 1.54) is 18.3 Å². The zero-order valence-electron chi connectivity index (χ0n) is 18.8. The lowest BCUT2D eigenvalue weighted by molar-refractivity contribution is -0.103. The van der Waals surface area contributed by atoms with Gasteiger partial charge in [0.1, 0.15) is 34.5 Å². The molecule has 3 aliphatic rings. The number of halogens is 4. The fourth-order valence-electron chi connectivity index (χ4n) is 5.01. The number of aliphatic hydroxyl groups is 1. The molecule has 0 saturated heterocycles. The molecule has 36 heavy (non-hydrogen) atoms. The van der Waals surface area contributed by atoms with Gasteiger partial charge in [0.25, 0.3) is 0 Å². The third-order valence-corrected chi connectivity index (χ3v) is 6.96. The summed E-state index contributed by atoms with van der Waals surface area (Å²) in [6.45, 7) is 0.220. The number of hydrogen-bond donors (Lipinski definition) is 2. The Labute approximate surface area is 202 Å². The van der Waals surface area contributed by atoms with E-state index >= 15 is 8.78 Å². The lowest BCUT2D eigenvalue weighted by atomic mass is 9.71. The fourth-order valence-corrected chi connectivity index (χ4v) is 5.01. The zero-order valence-corrected chi connectivity index (χ0v) is 18.8. The number of anilines is 1. The van der Waals surface area contributed by atoms with Crippen molar-refractivity contribution in [2.45, 2.75) is 24.4 Å². The molecule has 2 bridgehead atoms. The Morgan fingerprint density at radius 3 is 2.39 bits per heavy atom. The van der Waals surface area contributed by atoms with E-state index in [1.807, 2.05) is 0 Å². The van der Waals surface area contributed by atoms with Crippen molar-refractivity contribution in [2.75, 3.05) is 18.9 Å². The Hall–Kier alpha value is -3.76. The second-order valence-electron chi connectivity index (χ2n) is 9.13. The van der Waals surface area contributed by atoms with Gasteiger partial charge >= 0.3 is 5.92 Å². The van der Waals surface area contributed by atoms with Crippen LogP contribution in [0.5, 0.6) is 0 Å². The number of nitrogen functional groups attached to an aromatic ring is 1. The minimum absolute atomic E-state index is 0.0536. The minimum Gasteiger partial charge on any atom is -0.393 e. The second-order valence-corrected chi connectivity index (χ2v) is 9.13. The molecule has 2 aromatic carbocycles. The highest BCUT2D eigenvalue weighted by Crippen LogP contribution is 2.49. The molecule has 1 saturated carbocycles. The Kier molecular flexibility index (Phi) is 4.96. The van der Waals surface area contributed by atoms with Gasteiger partial charge in [-0.3, -0.25) is 4.40 Å². The summed E-state index contributed by atoms with van der Waals surface area (Å²) in [5, 5.41) is 9.60. The van der Waals surface area contributed by atoms with E-state index < -0.39 is 34.3 Å². The van der Waals surface area contributed by atoms with E-state index in [2.05, 4.69) is 4.98 Å². The third kappa shape index (κ3) is 3.25. The van der Waals surface area contributed by atoms with Crippen LogP contribution in [-0.4, -0.2) is 38.3 Å². The van der Waals surface area contributed by atoms with Crippen LogP contribution in [-0.2, 0) is 10.7 Å². The van der Waals surface area contributed by atoms with Crippen LogP contribution in [0.2, 0.25) is 0 Å². The van der Waals surface area contributed by atoms with E-state index in [4.69, 9.17) is 15.5 Å². The van der Waals surface area contributed by atoms with E-state index in [0.29, 0.717) is 35.4 Å². The molecule has 0 amide bonds. The van der Waals surface area contributed by atoms with Gasteiger partial charge in [0.2, 0.25) is 0 Å². The van der Waals surface area contributed by atoms with Crippen LogP contribution in [0.25, 0.3) is 22.3 Å².